The number of hydrogen-bond donors (Lipinski definition) is 1. The zero-order valence-electron chi connectivity index (χ0n) is 19.7. The second-order valence-electron chi connectivity index (χ2n) is 9.31. The van der Waals surface area contributed by atoms with Crippen molar-refractivity contribution in [2.24, 2.45) is 5.92 Å². The van der Waals surface area contributed by atoms with Gasteiger partial charge < -0.3 is 9.47 Å². The third-order valence-corrected chi connectivity index (χ3v) is 8.14. The molecular weight excluding hydrogens is 487 g/mol. The first-order valence-corrected chi connectivity index (χ1v) is 13.3. The topological polar surface area (TPSA) is 47.6 Å². The number of benzene rings is 3. The minimum atomic E-state index is -4.75. The first-order chi connectivity index (χ1) is 17.4. The average molecular weight is 516 g/mol. The number of halogens is 3. The van der Waals surface area contributed by atoms with Crippen LogP contribution in [0.3, 0.4) is 0 Å². The number of nitrogens with one attached hydrogen (secondary N) is 1. The van der Waals surface area contributed by atoms with Crippen LogP contribution in [-0.4, -0.2) is 29.8 Å². The first-order valence-electron chi connectivity index (χ1n) is 12.2. The summed E-state index contributed by atoms with van der Waals surface area (Å²) in [5.41, 5.74) is 5.37. The number of alkyl halides is 3. The van der Waals surface area contributed by atoms with Gasteiger partial charge in [-0.05, 0) is 78.1 Å². The van der Waals surface area contributed by atoms with Crippen molar-refractivity contribution in [2.45, 2.75) is 49.0 Å². The number of ether oxygens (including phenoxy) is 2. The number of hydrogen-bond acceptors (Lipinski definition) is 3. The maximum atomic E-state index is 12.7. The normalized spacial score (nSPS) is 21.2. The van der Waals surface area contributed by atoms with Gasteiger partial charge in [0.25, 0.3) is 0 Å². The number of fused-ring (bicyclic) bond motifs is 2. The molecule has 1 aliphatic heterocycles. The van der Waals surface area contributed by atoms with Crippen LogP contribution in [0.5, 0.6) is 5.75 Å². The number of aryl methyl sites for hydroxylation is 2. The Kier molecular flexibility index (Phi) is 7.46. The zero-order valence-corrected chi connectivity index (χ0v) is 20.5. The Morgan fingerprint density at radius 2 is 1.53 bits per heavy atom. The fourth-order valence-electron chi connectivity index (χ4n) is 5.33. The molecule has 3 aromatic rings. The highest BCUT2D eigenvalue weighted by atomic mass is 32.2. The molecule has 0 radical (unpaired) electrons. The first kappa shape index (κ1) is 25.0. The highest BCUT2D eigenvalue weighted by Crippen LogP contribution is 2.41. The van der Waals surface area contributed by atoms with Gasteiger partial charge in [0.1, 0.15) is 16.7 Å². The number of rotatable bonds is 6. The molecule has 3 unspecified atom stereocenters. The van der Waals surface area contributed by atoms with Crippen molar-refractivity contribution in [3.63, 3.8) is 0 Å². The lowest BCUT2D eigenvalue weighted by atomic mass is 9.79. The van der Waals surface area contributed by atoms with Gasteiger partial charge in [-0.15, -0.1) is 13.2 Å². The molecule has 4 nitrogen and oxygen atoms in total. The standard InChI is InChI=1S/C28H28F3NO3S/c29-28(30,31)35-22-11-13-23(14-12-22)36(33)32-18-19-15-16-34-26(17-19)27-24-7-3-1-5-20(24)9-10-21-6-2-4-8-25(21)27/h1-8,11-14,19,26-27,32H,9-10,15-18H2. The lowest BCUT2D eigenvalue weighted by molar-refractivity contribution is -0.274. The zero-order chi connectivity index (χ0) is 25.1. The maximum absolute atomic E-state index is 12.7. The molecule has 3 atom stereocenters. The summed E-state index contributed by atoms with van der Waals surface area (Å²) < 4.78 is 63.2. The molecule has 2 aliphatic rings. The van der Waals surface area contributed by atoms with Crippen molar-refractivity contribution < 1.29 is 26.9 Å². The molecule has 0 saturated carbocycles. The van der Waals surface area contributed by atoms with Gasteiger partial charge in [-0.25, -0.2) is 8.93 Å². The van der Waals surface area contributed by atoms with Crippen molar-refractivity contribution in [3.8, 4) is 5.75 Å². The van der Waals surface area contributed by atoms with E-state index in [9.17, 15) is 17.4 Å². The fourth-order valence-corrected chi connectivity index (χ4v) is 6.26. The fraction of sp³-hybridized carbons (Fsp3) is 0.357. The molecule has 1 N–H and O–H groups in total. The molecule has 1 saturated heterocycles. The Labute approximate surface area is 211 Å². The van der Waals surface area contributed by atoms with Gasteiger partial charge in [-0.3, -0.25) is 0 Å². The molecule has 5 rings (SSSR count). The van der Waals surface area contributed by atoms with Crippen LogP contribution in [0, 0.1) is 5.92 Å². The van der Waals surface area contributed by atoms with Crippen LogP contribution in [0.4, 0.5) is 13.2 Å². The van der Waals surface area contributed by atoms with Crippen LogP contribution in [0.15, 0.2) is 77.7 Å². The van der Waals surface area contributed by atoms with E-state index in [4.69, 9.17) is 4.74 Å². The van der Waals surface area contributed by atoms with E-state index in [-0.39, 0.29) is 23.7 Å². The molecule has 0 amide bonds. The molecule has 1 fully saturated rings. The molecule has 3 aromatic carbocycles. The molecule has 1 heterocycles. The second kappa shape index (κ2) is 10.7. The molecule has 0 spiro atoms. The lowest BCUT2D eigenvalue weighted by Crippen LogP contribution is -2.36. The molecule has 8 heteroatoms. The Hall–Kier alpha value is -2.68. The van der Waals surface area contributed by atoms with Crippen molar-refractivity contribution in [1.82, 2.24) is 4.72 Å². The van der Waals surface area contributed by atoms with E-state index in [2.05, 4.69) is 58.0 Å². The molecular formula is C28H28F3NO3S. The summed E-state index contributed by atoms with van der Waals surface area (Å²) in [6, 6.07) is 22.4. The van der Waals surface area contributed by atoms with Crippen molar-refractivity contribution in [2.75, 3.05) is 13.2 Å². The minimum absolute atomic E-state index is 0.0122. The Bertz CT molecular complexity index is 1170. The summed E-state index contributed by atoms with van der Waals surface area (Å²) in [5.74, 6) is 0.0805. The van der Waals surface area contributed by atoms with Gasteiger partial charge in [0.15, 0.2) is 0 Å². The molecule has 0 bridgehead atoms. The van der Waals surface area contributed by atoms with Gasteiger partial charge in [0.2, 0.25) is 0 Å². The van der Waals surface area contributed by atoms with Gasteiger partial charge in [-0.1, -0.05) is 48.5 Å². The molecule has 1 aliphatic carbocycles. The highest BCUT2D eigenvalue weighted by molar-refractivity contribution is 7.83. The second-order valence-corrected chi connectivity index (χ2v) is 10.6. The summed E-state index contributed by atoms with van der Waals surface area (Å²) in [5, 5.41) is 0. The van der Waals surface area contributed by atoms with E-state index in [1.807, 2.05) is 0 Å². The predicted molar refractivity (Wildman–Crippen MR) is 132 cm³/mol. The summed E-state index contributed by atoms with van der Waals surface area (Å²) in [4.78, 5) is 0.403. The lowest BCUT2D eigenvalue weighted by Gasteiger charge is -2.36. The van der Waals surface area contributed by atoms with E-state index in [1.54, 1.807) is 0 Å². The van der Waals surface area contributed by atoms with Crippen LogP contribution >= 0.6 is 0 Å². The predicted octanol–water partition coefficient (Wildman–Crippen LogP) is 5.92. The third-order valence-electron chi connectivity index (χ3n) is 7.01. The van der Waals surface area contributed by atoms with Crippen LogP contribution in [-0.2, 0) is 28.6 Å². The van der Waals surface area contributed by atoms with Crippen molar-refractivity contribution in [3.05, 3.63) is 95.1 Å². The summed E-state index contributed by atoms with van der Waals surface area (Å²) in [6.07, 6.45) is -1.04. The Balaban J connectivity index is 1.27. The van der Waals surface area contributed by atoms with E-state index in [1.165, 1.54) is 46.5 Å². The highest BCUT2D eigenvalue weighted by Gasteiger charge is 2.35. The minimum Gasteiger partial charge on any atom is -0.406 e. The van der Waals surface area contributed by atoms with Crippen LogP contribution in [0.1, 0.15) is 41.0 Å². The maximum Gasteiger partial charge on any atom is 0.573 e. The molecule has 36 heavy (non-hydrogen) atoms. The SMILES string of the molecule is O=S(NCC1CCOC(C2c3ccccc3CCc3ccccc32)C1)c1ccc(OC(F)(F)F)cc1. The quantitative estimate of drug-likeness (QED) is 0.443. The van der Waals surface area contributed by atoms with Crippen LogP contribution < -0.4 is 9.46 Å². The smallest absolute Gasteiger partial charge is 0.406 e. The van der Waals surface area contributed by atoms with Gasteiger partial charge in [0.05, 0.1) is 11.0 Å². The third kappa shape index (κ3) is 5.82. The van der Waals surface area contributed by atoms with Gasteiger partial charge in [0, 0.05) is 19.1 Å². The van der Waals surface area contributed by atoms with Gasteiger partial charge in [-0.2, -0.15) is 0 Å². The van der Waals surface area contributed by atoms with Gasteiger partial charge >= 0.3 is 6.36 Å². The Morgan fingerprint density at radius 3 is 2.14 bits per heavy atom. The van der Waals surface area contributed by atoms with E-state index in [0.717, 1.165) is 25.7 Å². The monoisotopic (exact) mass is 515 g/mol. The van der Waals surface area contributed by atoms with E-state index < -0.39 is 17.3 Å². The average Bonchev–Trinajstić information content (AvgIpc) is 3.04. The molecule has 190 valence electrons. The Morgan fingerprint density at radius 1 is 0.917 bits per heavy atom. The van der Waals surface area contributed by atoms with Crippen molar-refractivity contribution in [1.29, 1.82) is 0 Å². The molecule has 0 aromatic heterocycles. The largest absolute Gasteiger partial charge is 0.573 e. The van der Waals surface area contributed by atoms with Crippen molar-refractivity contribution >= 4 is 11.0 Å². The summed E-state index contributed by atoms with van der Waals surface area (Å²) in [6.45, 7) is 1.16. The summed E-state index contributed by atoms with van der Waals surface area (Å²) >= 11 is 0. The van der Waals surface area contributed by atoms with Crippen LogP contribution in [0.25, 0.3) is 0 Å². The summed E-state index contributed by atoms with van der Waals surface area (Å²) in [7, 11) is -1.54. The van der Waals surface area contributed by atoms with E-state index >= 15 is 0 Å². The van der Waals surface area contributed by atoms with Crippen LogP contribution in [0.2, 0.25) is 0 Å². The van der Waals surface area contributed by atoms with E-state index in [0.29, 0.717) is 18.0 Å².